The van der Waals surface area contributed by atoms with E-state index >= 15 is 0 Å². The van der Waals surface area contributed by atoms with Crippen LogP contribution in [-0.4, -0.2) is 64.7 Å². The van der Waals surface area contributed by atoms with Crippen molar-refractivity contribution in [1.29, 1.82) is 0 Å². The summed E-state index contributed by atoms with van der Waals surface area (Å²) in [6, 6.07) is -0.0241. The summed E-state index contributed by atoms with van der Waals surface area (Å²) < 4.78 is 31.1. The fourth-order valence-electron chi connectivity index (χ4n) is 3.91. The van der Waals surface area contributed by atoms with E-state index in [9.17, 15) is 13.2 Å². The highest BCUT2D eigenvalue weighted by Crippen LogP contribution is 2.33. The summed E-state index contributed by atoms with van der Waals surface area (Å²) in [7, 11) is -3.24. The van der Waals surface area contributed by atoms with Gasteiger partial charge in [-0.3, -0.25) is 0 Å². The predicted molar refractivity (Wildman–Crippen MR) is 105 cm³/mol. The lowest BCUT2D eigenvalue weighted by atomic mass is 9.89. The van der Waals surface area contributed by atoms with Crippen LogP contribution in [0.25, 0.3) is 0 Å². The molecule has 9 heteroatoms. The zero-order valence-electron chi connectivity index (χ0n) is 17.3. The maximum absolute atomic E-state index is 12.7. The van der Waals surface area contributed by atoms with Gasteiger partial charge in [-0.2, -0.15) is 0 Å². The molecule has 1 fully saturated rings. The van der Waals surface area contributed by atoms with E-state index in [-0.39, 0.29) is 18.1 Å². The number of ether oxygens (including phenoxy) is 1. The van der Waals surface area contributed by atoms with Gasteiger partial charge < -0.3 is 9.64 Å². The molecule has 1 amide bonds. The number of fused-ring (bicyclic) bond motifs is 1. The van der Waals surface area contributed by atoms with Crippen LogP contribution in [-0.2, 0) is 27.7 Å². The highest BCUT2D eigenvalue weighted by molar-refractivity contribution is 7.88. The molecule has 0 aliphatic carbocycles. The van der Waals surface area contributed by atoms with Crippen LogP contribution in [0.1, 0.15) is 63.4 Å². The number of hydrogen-bond donors (Lipinski definition) is 0. The van der Waals surface area contributed by atoms with Crippen LogP contribution >= 0.6 is 0 Å². The van der Waals surface area contributed by atoms with E-state index in [1.165, 1.54) is 10.6 Å². The molecule has 0 bridgehead atoms. The monoisotopic (exact) mass is 410 g/mol. The summed E-state index contributed by atoms with van der Waals surface area (Å²) in [5.41, 5.74) is 2.17. The first-order valence-corrected chi connectivity index (χ1v) is 11.6. The van der Waals surface area contributed by atoms with Crippen molar-refractivity contribution in [2.45, 2.75) is 71.1 Å². The molecule has 8 nitrogen and oxygen atoms in total. The van der Waals surface area contributed by atoms with Crippen molar-refractivity contribution < 1.29 is 17.9 Å². The molecule has 0 N–H and O–H groups in total. The number of aromatic nitrogens is 2. The van der Waals surface area contributed by atoms with Gasteiger partial charge in [-0.05, 0) is 40.5 Å². The van der Waals surface area contributed by atoms with Crippen molar-refractivity contribution >= 4 is 16.1 Å². The minimum Gasteiger partial charge on any atom is -0.444 e. The summed E-state index contributed by atoms with van der Waals surface area (Å²) in [5, 5.41) is 0. The third-order valence-electron chi connectivity index (χ3n) is 5.29. The van der Waals surface area contributed by atoms with Gasteiger partial charge in [0.1, 0.15) is 11.9 Å². The fraction of sp³-hybridized carbons (Fsp3) is 0.737. The average Bonchev–Trinajstić information content (AvgIpc) is 2.58. The van der Waals surface area contributed by atoms with Crippen LogP contribution in [0.2, 0.25) is 0 Å². The van der Waals surface area contributed by atoms with Gasteiger partial charge in [0.15, 0.2) is 0 Å². The van der Waals surface area contributed by atoms with E-state index in [1.54, 1.807) is 11.2 Å². The Labute approximate surface area is 167 Å². The summed E-state index contributed by atoms with van der Waals surface area (Å²) in [4.78, 5) is 23.4. The highest BCUT2D eigenvalue weighted by Gasteiger charge is 2.35. The topological polar surface area (TPSA) is 92.7 Å². The molecule has 3 heterocycles. The molecule has 1 saturated heterocycles. The normalized spacial score (nSPS) is 24.0. The number of sulfonamides is 1. The van der Waals surface area contributed by atoms with E-state index in [0.29, 0.717) is 26.1 Å². The van der Waals surface area contributed by atoms with E-state index in [1.807, 2.05) is 27.7 Å². The van der Waals surface area contributed by atoms with Crippen molar-refractivity contribution in [1.82, 2.24) is 19.2 Å². The van der Waals surface area contributed by atoms with Crippen LogP contribution in [0, 0.1) is 0 Å². The molecule has 0 spiro atoms. The first kappa shape index (κ1) is 21.0. The first-order chi connectivity index (χ1) is 13.0. The van der Waals surface area contributed by atoms with Crippen LogP contribution < -0.4 is 0 Å². The Morgan fingerprint density at radius 1 is 1.29 bits per heavy atom. The number of nitrogens with zero attached hydrogens (tertiary/aromatic N) is 4. The van der Waals surface area contributed by atoms with E-state index in [4.69, 9.17) is 4.74 Å². The van der Waals surface area contributed by atoms with Crippen molar-refractivity contribution in [3.63, 3.8) is 0 Å². The second kappa shape index (κ2) is 7.59. The van der Waals surface area contributed by atoms with Gasteiger partial charge in [0.2, 0.25) is 10.0 Å². The summed E-state index contributed by atoms with van der Waals surface area (Å²) in [6.45, 7) is 8.89. The molecule has 2 aliphatic heterocycles. The number of rotatable bonds is 2. The van der Waals surface area contributed by atoms with Crippen molar-refractivity contribution in [3.8, 4) is 0 Å². The van der Waals surface area contributed by atoms with Crippen molar-refractivity contribution in [3.05, 3.63) is 23.3 Å². The second-order valence-corrected chi connectivity index (χ2v) is 10.8. The van der Waals surface area contributed by atoms with E-state index in [2.05, 4.69) is 9.97 Å². The largest absolute Gasteiger partial charge is 0.444 e. The Hall–Kier alpha value is -1.74. The molecule has 2 aliphatic rings. The van der Waals surface area contributed by atoms with Gasteiger partial charge in [0, 0.05) is 37.0 Å². The maximum Gasteiger partial charge on any atom is 0.410 e. The Kier molecular flexibility index (Phi) is 5.69. The quantitative estimate of drug-likeness (QED) is 0.743. The zero-order valence-corrected chi connectivity index (χ0v) is 18.1. The number of amides is 1. The number of piperidine rings is 1. The van der Waals surface area contributed by atoms with Crippen LogP contribution in [0.5, 0.6) is 0 Å². The van der Waals surface area contributed by atoms with Gasteiger partial charge in [-0.25, -0.2) is 27.5 Å². The molecule has 2 unspecified atom stereocenters. The Bertz CT molecular complexity index is 850. The summed E-state index contributed by atoms with van der Waals surface area (Å²) in [5.74, 6) is 0.00844. The lowest BCUT2D eigenvalue weighted by Gasteiger charge is -2.37. The predicted octanol–water partition coefficient (Wildman–Crippen LogP) is 2.30. The fourth-order valence-corrected chi connectivity index (χ4v) is 4.82. The average molecular weight is 411 g/mol. The minimum absolute atomic E-state index is 0.00844. The van der Waals surface area contributed by atoms with Gasteiger partial charge in [0.25, 0.3) is 0 Å². The third kappa shape index (κ3) is 4.63. The molecule has 28 heavy (non-hydrogen) atoms. The lowest BCUT2D eigenvalue weighted by molar-refractivity contribution is 0.0134. The molecule has 156 valence electrons. The van der Waals surface area contributed by atoms with Gasteiger partial charge >= 0.3 is 6.09 Å². The third-order valence-corrected chi connectivity index (χ3v) is 6.55. The van der Waals surface area contributed by atoms with Crippen LogP contribution in [0.3, 0.4) is 0 Å². The highest BCUT2D eigenvalue weighted by atomic mass is 32.2. The molecule has 0 radical (unpaired) electrons. The zero-order chi connectivity index (χ0) is 20.7. The molecule has 0 aromatic carbocycles. The second-order valence-electron chi connectivity index (χ2n) is 8.81. The van der Waals surface area contributed by atoms with Crippen molar-refractivity contribution in [2.75, 3.05) is 19.3 Å². The molecule has 1 aromatic heterocycles. The summed E-state index contributed by atoms with van der Waals surface area (Å²) in [6.07, 6.45) is 4.76. The van der Waals surface area contributed by atoms with E-state index < -0.39 is 15.6 Å². The SMILES string of the molecule is CC1Cc2ncnc(C3CCCN(S(C)(=O)=O)C3)c2CN1C(=O)OC(C)(C)C. The molecular weight excluding hydrogens is 380 g/mol. The van der Waals surface area contributed by atoms with Crippen LogP contribution in [0.4, 0.5) is 4.79 Å². The Morgan fingerprint density at radius 3 is 2.64 bits per heavy atom. The van der Waals surface area contributed by atoms with Gasteiger partial charge in [-0.15, -0.1) is 0 Å². The van der Waals surface area contributed by atoms with Gasteiger partial charge in [-0.1, -0.05) is 0 Å². The number of hydrogen-bond acceptors (Lipinski definition) is 6. The molecule has 0 saturated carbocycles. The number of carbonyl (C=O) groups excluding carboxylic acids is 1. The Balaban J connectivity index is 1.88. The Morgan fingerprint density at radius 2 is 2.00 bits per heavy atom. The molecule has 2 atom stereocenters. The smallest absolute Gasteiger partial charge is 0.410 e. The van der Waals surface area contributed by atoms with E-state index in [0.717, 1.165) is 29.8 Å². The van der Waals surface area contributed by atoms with Crippen molar-refractivity contribution in [2.24, 2.45) is 0 Å². The lowest BCUT2D eigenvalue weighted by Crippen LogP contribution is -2.46. The number of carbonyl (C=O) groups is 1. The van der Waals surface area contributed by atoms with Crippen LogP contribution in [0.15, 0.2) is 6.33 Å². The molecule has 1 aromatic rings. The summed E-state index contributed by atoms with van der Waals surface area (Å²) >= 11 is 0. The standard InChI is InChI=1S/C19H30N4O4S/c1-13-9-16-15(11-23(13)18(24)27-19(2,3)4)17(21-12-20-16)14-7-6-8-22(10-14)28(5,25)26/h12-14H,6-11H2,1-5H3. The minimum atomic E-state index is -3.24. The molecular formula is C19H30N4O4S. The molecule has 3 rings (SSSR count). The van der Waals surface area contributed by atoms with Gasteiger partial charge in [0.05, 0.1) is 24.2 Å². The first-order valence-electron chi connectivity index (χ1n) is 9.73. The maximum atomic E-state index is 12.7.